The Morgan fingerprint density at radius 2 is 1.41 bits per heavy atom. The van der Waals surface area contributed by atoms with Gasteiger partial charge in [-0.2, -0.15) is 26.3 Å². The first kappa shape index (κ1) is 31.2. The number of β-amino-alcohol motifs (C(OH)–C–C–N with tert-alkyl or cyclic N) is 1. The lowest BCUT2D eigenvalue weighted by Gasteiger charge is -2.43. The number of aliphatic hydroxyl groups is 1. The largest absolute Gasteiger partial charge is 0.491 e. The summed E-state index contributed by atoms with van der Waals surface area (Å²) in [5, 5.41) is 10.7. The number of benzene rings is 3. The second kappa shape index (κ2) is 12.0. The van der Waals surface area contributed by atoms with Crippen molar-refractivity contribution < 1.29 is 45.8 Å². The van der Waals surface area contributed by atoms with Gasteiger partial charge in [-0.05, 0) is 55.3 Å². The zero-order chi connectivity index (χ0) is 31.7. The fourth-order valence-corrected chi connectivity index (χ4v) is 5.70. The normalized spacial score (nSPS) is 17.7. The van der Waals surface area contributed by atoms with Crippen molar-refractivity contribution in [3.05, 3.63) is 95.6 Å². The summed E-state index contributed by atoms with van der Waals surface area (Å²) >= 11 is 0. The Morgan fingerprint density at radius 3 is 1.95 bits per heavy atom. The molecule has 44 heavy (non-hydrogen) atoms. The molecule has 2 aliphatic heterocycles. The van der Waals surface area contributed by atoms with Gasteiger partial charge < -0.3 is 24.5 Å². The number of anilines is 1. The Bertz CT molecular complexity index is 1440. The van der Waals surface area contributed by atoms with Crippen LogP contribution in [0.3, 0.4) is 0 Å². The van der Waals surface area contributed by atoms with Gasteiger partial charge in [0.2, 0.25) is 5.91 Å². The number of piperidine rings is 1. The number of likely N-dealkylation sites (tertiary alicyclic amines) is 1. The lowest BCUT2D eigenvalue weighted by molar-refractivity contribution is -0.143. The first-order valence-electron chi connectivity index (χ1n) is 13.8. The molecule has 2 saturated heterocycles. The molecule has 0 radical (unpaired) electrons. The SMILES string of the molecule is O=C(c1cc(C(F)(F)F)cc(C(F)(F)F)c1)N1CCC2(CC1)C(=O)N(CC(O)COc1ccccc1)CN2c1ccccc1. The van der Waals surface area contributed by atoms with Gasteiger partial charge in [0.25, 0.3) is 5.91 Å². The van der Waals surface area contributed by atoms with E-state index in [0.29, 0.717) is 23.6 Å². The molecule has 2 aliphatic rings. The van der Waals surface area contributed by atoms with Crippen LogP contribution >= 0.6 is 0 Å². The van der Waals surface area contributed by atoms with Crippen LogP contribution in [0.2, 0.25) is 0 Å². The van der Waals surface area contributed by atoms with Crippen LogP contribution in [0.25, 0.3) is 0 Å². The lowest BCUT2D eigenvalue weighted by atomic mass is 9.85. The molecule has 13 heteroatoms. The molecule has 3 aromatic rings. The number of amides is 2. The number of ether oxygens (including phenoxy) is 1. The zero-order valence-electron chi connectivity index (χ0n) is 23.3. The van der Waals surface area contributed by atoms with Crippen molar-refractivity contribution in [2.75, 3.05) is 37.8 Å². The van der Waals surface area contributed by atoms with Crippen LogP contribution < -0.4 is 9.64 Å². The minimum absolute atomic E-state index is 0.0230. The highest BCUT2D eigenvalue weighted by atomic mass is 19.4. The number of halogens is 6. The second-order valence-electron chi connectivity index (χ2n) is 10.8. The number of aliphatic hydroxyl groups excluding tert-OH is 1. The number of carbonyl (C=O) groups is 2. The molecule has 1 atom stereocenters. The van der Waals surface area contributed by atoms with E-state index in [-0.39, 0.29) is 57.7 Å². The maximum Gasteiger partial charge on any atom is 0.416 e. The number of hydrogen-bond acceptors (Lipinski definition) is 5. The van der Waals surface area contributed by atoms with Gasteiger partial charge in [-0.15, -0.1) is 0 Å². The van der Waals surface area contributed by atoms with Gasteiger partial charge in [-0.3, -0.25) is 9.59 Å². The van der Waals surface area contributed by atoms with E-state index < -0.39 is 46.6 Å². The smallest absolute Gasteiger partial charge is 0.416 e. The fourth-order valence-electron chi connectivity index (χ4n) is 5.70. The maximum atomic E-state index is 13.9. The Kier molecular flexibility index (Phi) is 8.52. The molecule has 3 aromatic carbocycles. The average Bonchev–Trinajstić information content (AvgIpc) is 3.26. The Hall–Kier alpha value is -4.26. The highest BCUT2D eigenvalue weighted by molar-refractivity contribution is 5.96. The van der Waals surface area contributed by atoms with E-state index >= 15 is 0 Å². The molecule has 2 fully saturated rings. The summed E-state index contributed by atoms with van der Waals surface area (Å²) in [6, 6.07) is 18.7. The summed E-state index contributed by atoms with van der Waals surface area (Å²) < 4.78 is 85.9. The van der Waals surface area contributed by atoms with Gasteiger partial charge in [-0.25, -0.2) is 0 Å². The third-order valence-corrected chi connectivity index (χ3v) is 7.91. The van der Waals surface area contributed by atoms with Crippen molar-refractivity contribution in [2.24, 2.45) is 0 Å². The highest BCUT2D eigenvalue weighted by Gasteiger charge is 2.54. The summed E-state index contributed by atoms with van der Waals surface area (Å²) in [6.45, 7) is -0.144. The van der Waals surface area contributed by atoms with E-state index in [1.807, 2.05) is 29.2 Å². The minimum Gasteiger partial charge on any atom is -0.491 e. The topological polar surface area (TPSA) is 73.3 Å². The van der Waals surface area contributed by atoms with E-state index in [4.69, 9.17) is 4.74 Å². The number of rotatable bonds is 7. The first-order valence-corrected chi connectivity index (χ1v) is 13.8. The van der Waals surface area contributed by atoms with Crippen molar-refractivity contribution >= 4 is 17.5 Å². The van der Waals surface area contributed by atoms with Crippen LogP contribution in [-0.2, 0) is 17.1 Å². The van der Waals surface area contributed by atoms with Gasteiger partial charge in [-0.1, -0.05) is 36.4 Å². The van der Waals surface area contributed by atoms with Crippen LogP contribution in [0.1, 0.15) is 34.3 Å². The Morgan fingerprint density at radius 1 is 0.864 bits per heavy atom. The summed E-state index contributed by atoms with van der Waals surface area (Å²) in [4.78, 5) is 31.7. The molecule has 7 nitrogen and oxygen atoms in total. The Labute approximate surface area is 249 Å². The van der Waals surface area contributed by atoms with Crippen molar-refractivity contribution in [3.63, 3.8) is 0 Å². The third-order valence-electron chi connectivity index (χ3n) is 7.91. The van der Waals surface area contributed by atoms with Crippen molar-refractivity contribution in [1.82, 2.24) is 9.80 Å². The molecule has 234 valence electrons. The molecule has 5 rings (SSSR count). The summed E-state index contributed by atoms with van der Waals surface area (Å²) in [7, 11) is 0. The molecule has 0 bridgehead atoms. The molecule has 1 N–H and O–H groups in total. The molecular formula is C31H29F6N3O4. The highest BCUT2D eigenvalue weighted by Crippen LogP contribution is 2.41. The zero-order valence-corrected chi connectivity index (χ0v) is 23.3. The summed E-state index contributed by atoms with van der Waals surface area (Å²) in [6.07, 6.45) is -11.0. The average molecular weight is 622 g/mol. The van der Waals surface area contributed by atoms with Gasteiger partial charge >= 0.3 is 12.4 Å². The number of hydrogen-bond donors (Lipinski definition) is 1. The van der Waals surface area contributed by atoms with E-state index in [1.54, 1.807) is 36.4 Å². The van der Waals surface area contributed by atoms with Crippen LogP contribution in [0, 0.1) is 0 Å². The van der Waals surface area contributed by atoms with E-state index in [1.165, 1.54) is 9.80 Å². The minimum atomic E-state index is -5.09. The number of nitrogens with zero attached hydrogens (tertiary/aromatic N) is 3. The van der Waals surface area contributed by atoms with E-state index in [0.717, 1.165) is 0 Å². The first-order chi connectivity index (χ1) is 20.8. The number of para-hydroxylation sites is 2. The van der Waals surface area contributed by atoms with Crippen molar-refractivity contribution in [3.8, 4) is 5.75 Å². The van der Waals surface area contributed by atoms with Gasteiger partial charge in [0.1, 0.15) is 24.0 Å². The van der Waals surface area contributed by atoms with Crippen LogP contribution in [0.5, 0.6) is 5.75 Å². The summed E-state index contributed by atoms with van der Waals surface area (Å²) in [5.74, 6) is -0.731. The van der Waals surface area contributed by atoms with Gasteiger partial charge in [0, 0.05) is 24.3 Å². The molecular weight excluding hydrogens is 592 g/mol. The standard InChI is InChI=1S/C31H29F6N3O4/c32-30(33,34)22-15-21(16-23(17-22)31(35,36)37)27(42)38-13-11-29(12-14-38)28(43)39(20-40(29)24-7-3-1-4-8-24)18-25(41)19-44-26-9-5-2-6-10-26/h1-10,15-17,25,41H,11-14,18-20H2. The quantitative estimate of drug-likeness (QED) is 0.356. The summed E-state index contributed by atoms with van der Waals surface area (Å²) in [5.41, 5.74) is -4.30. The van der Waals surface area contributed by atoms with Crippen LogP contribution in [0.15, 0.2) is 78.9 Å². The van der Waals surface area contributed by atoms with E-state index in [9.17, 15) is 41.0 Å². The Balaban J connectivity index is 1.34. The fraction of sp³-hybridized carbons (Fsp3) is 0.355. The monoisotopic (exact) mass is 621 g/mol. The molecule has 2 heterocycles. The molecule has 0 aromatic heterocycles. The molecule has 1 unspecified atom stereocenters. The van der Waals surface area contributed by atoms with Gasteiger partial charge in [0.05, 0.1) is 24.3 Å². The van der Waals surface area contributed by atoms with E-state index in [2.05, 4.69) is 0 Å². The van der Waals surface area contributed by atoms with Crippen molar-refractivity contribution in [1.29, 1.82) is 0 Å². The van der Waals surface area contributed by atoms with Crippen LogP contribution in [0.4, 0.5) is 32.0 Å². The molecule has 1 spiro atoms. The van der Waals surface area contributed by atoms with Crippen molar-refractivity contribution in [2.45, 2.75) is 36.8 Å². The number of alkyl halides is 6. The number of carbonyl (C=O) groups excluding carboxylic acids is 2. The van der Waals surface area contributed by atoms with Gasteiger partial charge in [0.15, 0.2) is 0 Å². The predicted octanol–water partition coefficient (Wildman–Crippen LogP) is 5.45. The molecule has 0 aliphatic carbocycles. The predicted molar refractivity (Wildman–Crippen MR) is 148 cm³/mol. The maximum absolute atomic E-state index is 13.9. The molecule has 0 saturated carbocycles. The second-order valence-corrected chi connectivity index (χ2v) is 10.8. The molecule has 2 amide bonds. The van der Waals surface area contributed by atoms with Crippen LogP contribution in [-0.4, -0.2) is 71.3 Å². The third kappa shape index (κ3) is 6.47. The lowest BCUT2D eigenvalue weighted by Crippen LogP contribution is -2.57.